The number of hydrogen-bond donors (Lipinski definition) is 0. The predicted molar refractivity (Wildman–Crippen MR) is 59.1 cm³/mol. The Hall–Kier alpha value is -1.15. The molecule has 0 unspecified atom stereocenters. The van der Waals surface area contributed by atoms with Crippen molar-refractivity contribution < 1.29 is 9.53 Å². The number of Topliss-reactive ketones (excluding diaryl/α,β-unsaturated/α-hetero) is 1. The number of carbonyl (C=O) groups excluding carboxylic acids is 1. The van der Waals surface area contributed by atoms with Crippen LogP contribution < -0.4 is 0 Å². The average Bonchev–Trinajstić information content (AvgIpc) is 2.30. The largest absolute Gasteiger partial charge is 0.381 e. The standard InChI is InChI=1S/C13H16O2/c1-10-4-2-3-5-12(10)13(14)11-6-8-15-9-7-11/h2-5,11H,6-9H2,1H3. The lowest BCUT2D eigenvalue weighted by atomic mass is 9.89. The van der Waals surface area contributed by atoms with Crippen molar-refractivity contribution in [2.45, 2.75) is 19.8 Å². The Bertz CT molecular complexity index is 351. The molecule has 2 rings (SSSR count). The molecule has 0 atom stereocenters. The van der Waals surface area contributed by atoms with E-state index in [2.05, 4.69) is 0 Å². The maximum Gasteiger partial charge on any atom is 0.166 e. The van der Waals surface area contributed by atoms with Gasteiger partial charge in [0.05, 0.1) is 0 Å². The zero-order chi connectivity index (χ0) is 10.7. The van der Waals surface area contributed by atoms with Crippen LogP contribution in [-0.2, 0) is 4.74 Å². The third-order valence-electron chi connectivity index (χ3n) is 3.00. The van der Waals surface area contributed by atoms with Crippen LogP contribution >= 0.6 is 0 Å². The van der Waals surface area contributed by atoms with E-state index in [9.17, 15) is 4.79 Å². The van der Waals surface area contributed by atoms with E-state index in [1.807, 2.05) is 31.2 Å². The zero-order valence-corrected chi connectivity index (χ0v) is 9.03. The lowest BCUT2D eigenvalue weighted by Gasteiger charge is -2.21. The minimum atomic E-state index is 0.167. The van der Waals surface area contributed by atoms with Crippen LogP contribution in [0, 0.1) is 12.8 Å². The molecule has 1 aliphatic rings. The second kappa shape index (κ2) is 4.58. The predicted octanol–water partition coefficient (Wildman–Crippen LogP) is 2.60. The molecule has 1 aromatic rings. The number of ketones is 1. The van der Waals surface area contributed by atoms with Crippen LogP contribution in [0.3, 0.4) is 0 Å². The Morgan fingerprint density at radius 3 is 2.60 bits per heavy atom. The van der Waals surface area contributed by atoms with Crippen molar-refractivity contribution in [3.8, 4) is 0 Å². The lowest BCUT2D eigenvalue weighted by molar-refractivity contribution is 0.0544. The number of hydrogen-bond acceptors (Lipinski definition) is 2. The Labute approximate surface area is 90.3 Å². The zero-order valence-electron chi connectivity index (χ0n) is 9.03. The third kappa shape index (κ3) is 2.26. The highest BCUT2D eigenvalue weighted by atomic mass is 16.5. The van der Waals surface area contributed by atoms with Gasteiger partial charge in [-0.2, -0.15) is 0 Å². The van der Waals surface area contributed by atoms with Crippen molar-refractivity contribution in [1.29, 1.82) is 0 Å². The Morgan fingerprint density at radius 1 is 1.27 bits per heavy atom. The van der Waals surface area contributed by atoms with Gasteiger partial charge in [0.25, 0.3) is 0 Å². The number of rotatable bonds is 2. The Balaban J connectivity index is 2.16. The number of carbonyl (C=O) groups is 1. The highest BCUT2D eigenvalue weighted by Crippen LogP contribution is 2.21. The molecule has 80 valence electrons. The smallest absolute Gasteiger partial charge is 0.166 e. The van der Waals surface area contributed by atoms with E-state index in [1.54, 1.807) is 0 Å². The number of ether oxygens (including phenoxy) is 1. The first-order valence-corrected chi connectivity index (χ1v) is 5.46. The molecule has 0 N–H and O–H groups in total. The molecule has 0 aromatic heterocycles. The Morgan fingerprint density at radius 2 is 1.93 bits per heavy atom. The van der Waals surface area contributed by atoms with Crippen molar-refractivity contribution in [3.63, 3.8) is 0 Å². The molecule has 1 saturated heterocycles. The molecule has 15 heavy (non-hydrogen) atoms. The van der Waals surface area contributed by atoms with Crippen LogP contribution in [0.15, 0.2) is 24.3 Å². The number of aryl methyl sites for hydroxylation is 1. The quantitative estimate of drug-likeness (QED) is 0.692. The van der Waals surface area contributed by atoms with E-state index in [-0.39, 0.29) is 11.7 Å². The van der Waals surface area contributed by atoms with Crippen LogP contribution in [0.4, 0.5) is 0 Å². The van der Waals surface area contributed by atoms with E-state index in [0.29, 0.717) is 0 Å². The van der Waals surface area contributed by atoms with Crippen molar-refractivity contribution in [2.75, 3.05) is 13.2 Å². The van der Waals surface area contributed by atoms with Crippen molar-refractivity contribution >= 4 is 5.78 Å². The van der Waals surface area contributed by atoms with Gasteiger partial charge in [-0.25, -0.2) is 0 Å². The van der Waals surface area contributed by atoms with Crippen LogP contribution in [0.1, 0.15) is 28.8 Å². The fraction of sp³-hybridized carbons (Fsp3) is 0.462. The third-order valence-corrected chi connectivity index (χ3v) is 3.00. The van der Waals surface area contributed by atoms with Crippen LogP contribution in [0.2, 0.25) is 0 Å². The SMILES string of the molecule is Cc1ccccc1C(=O)C1CCOCC1. The van der Waals surface area contributed by atoms with Gasteiger partial charge in [0.2, 0.25) is 0 Å². The summed E-state index contributed by atoms with van der Waals surface area (Å²) in [5.41, 5.74) is 1.96. The van der Waals surface area contributed by atoms with Gasteiger partial charge in [0, 0.05) is 24.7 Å². The summed E-state index contributed by atoms with van der Waals surface area (Å²) in [7, 11) is 0. The van der Waals surface area contributed by atoms with Crippen molar-refractivity contribution in [2.24, 2.45) is 5.92 Å². The summed E-state index contributed by atoms with van der Waals surface area (Å²) in [6.45, 7) is 3.44. The highest BCUT2D eigenvalue weighted by molar-refractivity contribution is 5.99. The molecule has 1 aliphatic heterocycles. The van der Waals surface area contributed by atoms with Gasteiger partial charge >= 0.3 is 0 Å². The molecule has 2 nitrogen and oxygen atoms in total. The summed E-state index contributed by atoms with van der Waals surface area (Å²) in [4.78, 5) is 12.2. The molecule has 0 saturated carbocycles. The van der Waals surface area contributed by atoms with E-state index in [0.717, 1.165) is 37.2 Å². The maximum atomic E-state index is 12.2. The van der Waals surface area contributed by atoms with Crippen molar-refractivity contribution in [1.82, 2.24) is 0 Å². The molecular formula is C13H16O2. The summed E-state index contributed by atoms with van der Waals surface area (Å²) in [5.74, 6) is 0.455. The Kier molecular flexibility index (Phi) is 3.17. The molecule has 0 amide bonds. The normalized spacial score (nSPS) is 17.7. The number of benzene rings is 1. The molecule has 1 heterocycles. The second-order valence-corrected chi connectivity index (χ2v) is 4.07. The summed E-state index contributed by atoms with van der Waals surface area (Å²) >= 11 is 0. The maximum absolute atomic E-state index is 12.2. The highest BCUT2D eigenvalue weighted by Gasteiger charge is 2.23. The van der Waals surface area contributed by atoms with Crippen LogP contribution in [0.5, 0.6) is 0 Å². The van der Waals surface area contributed by atoms with Gasteiger partial charge < -0.3 is 4.74 Å². The molecule has 0 aliphatic carbocycles. The fourth-order valence-electron chi connectivity index (χ4n) is 2.03. The molecule has 0 bridgehead atoms. The lowest BCUT2D eigenvalue weighted by Crippen LogP contribution is -2.24. The summed E-state index contributed by atoms with van der Waals surface area (Å²) in [6.07, 6.45) is 1.74. The first kappa shape index (κ1) is 10.4. The first-order chi connectivity index (χ1) is 7.29. The average molecular weight is 204 g/mol. The molecule has 1 fully saturated rings. The first-order valence-electron chi connectivity index (χ1n) is 5.46. The molecular weight excluding hydrogens is 188 g/mol. The van der Waals surface area contributed by atoms with Gasteiger partial charge in [-0.1, -0.05) is 24.3 Å². The van der Waals surface area contributed by atoms with E-state index in [1.165, 1.54) is 0 Å². The molecule has 0 spiro atoms. The van der Waals surface area contributed by atoms with Gasteiger partial charge in [0.1, 0.15) is 0 Å². The molecule has 0 radical (unpaired) electrons. The topological polar surface area (TPSA) is 26.3 Å². The van der Waals surface area contributed by atoms with E-state index in [4.69, 9.17) is 4.74 Å². The second-order valence-electron chi connectivity index (χ2n) is 4.07. The van der Waals surface area contributed by atoms with Gasteiger partial charge in [-0.05, 0) is 25.3 Å². The summed E-state index contributed by atoms with van der Waals surface area (Å²) in [5, 5.41) is 0. The summed E-state index contributed by atoms with van der Waals surface area (Å²) in [6, 6.07) is 7.81. The molecule has 1 aromatic carbocycles. The van der Waals surface area contributed by atoms with Gasteiger partial charge in [-0.15, -0.1) is 0 Å². The summed E-state index contributed by atoms with van der Waals surface area (Å²) < 4.78 is 5.26. The van der Waals surface area contributed by atoms with Crippen LogP contribution in [-0.4, -0.2) is 19.0 Å². The molecule has 2 heteroatoms. The monoisotopic (exact) mass is 204 g/mol. The van der Waals surface area contributed by atoms with E-state index < -0.39 is 0 Å². The fourth-order valence-corrected chi connectivity index (χ4v) is 2.03. The minimum Gasteiger partial charge on any atom is -0.381 e. The van der Waals surface area contributed by atoms with Crippen molar-refractivity contribution in [3.05, 3.63) is 35.4 Å². The van der Waals surface area contributed by atoms with Gasteiger partial charge in [-0.3, -0.25) is 4.79 Å². The minimum absolute atomic E-state index is 0.167. The van der Waals surface area contributed by atoms with E-state index >= 15 is 0 Å². The van der Waals surface area contributed by atoms with Crippen LogP contribution in [0.25, 0.3) is 0 Å². The van der Waals surface area contributed by atoms with Gasteiger partial charge in [0.15, 0.2) is 5.78 Å².